The van der Waals surface area contributed by atoms with Gasteiger partial charge < -0.3 is 4.90 Å². The monoisotopic (exact) mass is 417 g/mol. The summed E-state index contributed by atoms with van der Waals surface area (Å²) in [5.74, 6) is -0.550. The Morgan fingerprint density at radius 1 is 1.18 bits per heavy atom. The van der Waals surface area contributed by atoms with Gasteiger partial charge in [0.15, 0.2) is 10.8 Å². The number of piperidine rings is 1. The van der Waals surface area contributed by atoms with Crippen molar-refractivity contribution in [1.29, 1.82) is 0 Å². The molecule has 0 radical (unpaired) electrons. The Balaban J connectivity index is 1.34. The van der Waals surface area contributed by atoms with Crippen LogP contribution in [0.2, 0.25) is 0 Å². The van der Waals surface area contributed by atoms with Crippen molar-refractivity contribution in [1.82, 2.24) is 14.8 Å². The molecule has 4 rings (SSSR count). The van der Waals surface area contributed by atoms with Gasteiger partial charge in [0.1, 0.15) is 5.25 Å². The molecule has 2 aliphatic heterocycles. The van der Waals surface area contributed by atoms with Gasteiger partial charge in [-0.05, 0) is 25.0 Å². The maximum Gasteiger partial charge on any atom is 0.288 e. The molecule has 28 heavy (non-hydrogen) atoms. The SMILES string of the molecule is CN1C(=O)S[C@@H](CC(=O)N2CCC(C(=O)c3nc4ccccc4s3)CC2)C1=O. The molecule has 0 unspecified atom stereocenters. The summed E-state index contributed by atoms with van der Waals surface area (Å²) in [6.45, 7) is 0.963. The number of hydrogen-bond acceptors (Lipinski definition) is 7. The number of aromatic nitrogens is 1. The number of fused-ring (bicyclic) bond motifs is 1. The van der Waals surface area contributed by atoms with E-state index in [-0.39, 0.29) is 35.2 Å². The minimum atomic E-state index is -0.632. The molecule has 3 amide bonds. The Morgan fingerprint density at radius 3 is 2.54 bits per heavy atom. The lowest BCUT2D eigenvalue weighted by Gasteiger charge is -2.31. The maximum atomic E-state index is 12.8. The molecule has 7 nitrogen and oxygen atoms in total. The lowest BCUT2D eigenvalue weighted by molar-refractivity contribution is -0.135. The number of nitrogens with zero attached hydrogens (tertiary/aromatic N) is 3. The Kier molecular flexibility index (Phi) is 5.20. The molecule has 3 heterocycles. The van der Waals surface area contributed by atoms with Crippen molar-refractivity contribution >= 4 is 56.2 Å². The van der Waals surface area contributed by atoms with E-state index < -0.39 is 5.25 Å². The first kappa shape index (κ1) is 19.1. The van der Waals surface area contributed by atoms with Gasteiger partial charge in [0.05, 0.1) is 10.2 Å². The molecule has 0 N–H and O–H groups in total. The minimum Gasteiger partial charge on any atom is -0.343 e. The molecular formula is C19H19N3O4S2. The van der Waals surface area contributed by atoms with Crippen molar-refractivity contribution in [3.63, 3.8) is 0 Å². The predicted octanol–water partition coefficient (Wildman–Crippen LogP) is 2.80. The number of carbonyl (C=O) groups excluding carboxylic acids is 4. The van der Waals surface area contributed by atoms with Crippen LogP contribution in [-0.4, -0.2) is 63.0 Å². The standard InChI is InChI=1S/C19H19N3O4S2/c1-21-18(25)14(28-19(21)26)10-15(23)22-8-6-11(7-9-22)16(24)17-20-12-4-2-3-5-13(12)27-17/h2-5,11,14H,6-10H2,1H3/t14-/m0/s1. The van der Waals surface area contributed by atoms with Gasteiger partial charge in [0, 0.05) is 32.5 Å². The first-order valence-corrected chi connectivity index (χ1v) is 10.8. The van der Waals surface area contributed by atoms with Crippen LogP contribution in [0.15, 0.2) is 24.3 Å². The van der Waals surface area contributed by atoms with Gasteiger partial charge in [-0.2, -0.15) is 0 Å². The van der Waals surface area contributed by atoms with E-state index in [1.807, 2.05) is 24.3 Å². The molecule has 1 aromatic carbocycles. The largest absolute Gasteiger partial charge is 0.343 e. The van der Waals surface area contributed by atoms with E-state index in [0.717, 1.165) is 26.9 Å². The highest BCUT2D eigenvalue weighted by molar-refractivity contribution is 8.15. The summed E-state index contributed by atoms with van der Waals surface area (Å²) >= 11 is 2.32. The molecule has 1 atom stereocenters. The number of amides is 3. The second-order valence-electron chi connectivity index (χ2n) is 6.98. The molecule has 2 aliphatic rings. The smallest absolute Gasteiger partial charge is 0.288 e. The third-order valence-electron chi connectivity index (χ3n) is 5.21. The van der Waals surface area contributed by atoms with Gasteiger partial charge in [0.25, 0.3) is 5.24 Å². The number of benzene rings is 1. The zero-order valence-corrected chi connectivity index (χ0v) is 16.9. The molecule has 2 aromatic rings. The van der Waals surface area contributed by atoms with Crippen LogP contribution in [0.5, 0.6) is 0 Å². The van der Waals surface area contributed by atoms with Crippen molar-refractivity contribution in [2.75, 3.05) is 20.1 Å². The van der Waals surface area contributed by atoms with Crippen molar-refractivity contribution in [2.45, 2.75) is 24.5 Å². The number of ketones is 1. The summed E-state index contributed by atoms with van der Waals surface area (Å²) < 4.78 is 0.997. The number of thiazole rings is 1. The van der Waals surface area contributed by atoms with Crippen LogP contribution >= 0.6 is 23.1 Å². The molecule has 0 spiro atoms. The second-order valence-corrected chi connectivity index (χ2v) is 9.16. The third kappa shape index (κ3) is 3.56. The Labute approximate surface area is 170 Å². The number of carbonyl (C=O) groups is 4. The van der Waals surface area contributed by atoms with Gasteiger partial charge in [-0.1, -0.05) is 23.9 Å². The van der Waals surface area contributed by atoms with Gasteiger partial charge in [-0.25, -0.2) is 4.98 Å². The van der Waals surface area contributed by atoms with Gasteiger partial charge in [-0.3, -0.25) is 24.1 Å². The zero-order valence-electron chi connectivity index (χ0n) is 15.3. The van der Waals surface area contributed by atoms with E-state index in [4.69, 9.17) is 0 Å². The van der Waals surface area contributed by atoms with Crippen molar-refractivity contribution in [3.05, 3.63) is 29.3 Å². The predicted molar refractivity (Wildman–Crippen MR) is 107 cm³/mol. The van der Waals surface area contributed by atoms with E-state index in [1.165, 1.54) is 18.4 Å². The van der Waals surface area contributed by atoms with Crippen LogP contribution in [0.1, 0.15) is 29.1 Å². The summed E-state index contributed by atoms with van der Waals surface area (Å²) in [4.78, 5) is 56.0. The summed E-state index contributed by atoms with van der Waals surface area (Å²) in [6.07, 6.45) is 1.20. The molecule has 0 aliphatic carbocycles. The number of likely N-dealkylation sites (tertiary alicyclic amines) is 1. The van der Waals surface area contributed by atoms with Crippen molar-refractivity contribution in [2.24, 2.45) is 5.92 Å². The fourth-order valence-electron chi connectivity index (χ4n) is 3.52. The van der Waals surface area contributed by atoms with E-state index in [0.29, 0.717) is 30.9 Å². The van der Waals surface area contributed by atoms with Gasteiger partial charge >= 0.3 is 0 Å². The summed E-state index contributed by atoms with van der Waals surface area (Å²) in [5.41, 5.74) is 0.835. The summed E-state index contributed by atoms with van der Waals surface area (Å²) in [6, 6.07) is 7.68. The number of hydrogen-bond donors (Lipinski definition) is 0. The Bertz CT molecular complexity index is 932. The van der Waals surface area contributed by atoms with E-state index >= 15 is 0 Å². The molecular weight excluding hydrogens is 398 g/mol. The minimum absolute atomic E-state index is 0.0239. The Morgan fingerprint density at radius 2 is 1.89 bits per heavy atom. The number of Topliss-reactive ketones (excluding diaryl/α,β-unsaturated/α-hetero) is 1. The van der Waals surface area contributed by atoms with Crippen molar-refractivity contribution < 1.29 is 19.2 Å². The lowest BCUT2D eigenvalue weighted by atomic mass is 9.92. The van der Waals surface area contributed by atoms with Gasteiger partial charge in [0.2, 0.25) is 11.8 Å². The molecule has 1 aromatic heterocycles. The highest BCUT2D eigenvalue weighted by Gasteiger charge is 2.39. The maximum absolute atomic E-state index is 12.8. The number of imide groups is 1. The fraction of sp³-hybridized carbons (Fsp3) is 0.421. The quantitative estimate of drug-likeness (QED) is 0.711. The van der Waals surface area contributed by atoms with E-state index in [2.05, 4.69) is 4.98 Å². The average molecular weight is 418 g/mol. The zero-order chi connectivity index (χ0) is 19.8. The molecule has 0 bridgehead atoms. The lowest BCUT2D eigenvalue weighted by Crippen LogP contribution is -2.42. The van der Waals surface area contributed by atoms with Crippen LogP contribution < -0.4 is 0 Å². The average Bonchev–Trinajstić information content (AvgIpc) is 3.24. The molecule has 9 heteroatoms. The Hall–Kier alpha value is -2.26. The number of thioether (sulfide) groups is 1. The molecule has 2 saturated heterocycles. The highest BCUT2D eigenvalue weighted by Crippen LogP contribution is 2.30. The first-order valence-electron chi connectivity index (χ1n) is 9.10. The topological polar surface area (TPSA) is 87.7 Å². The first-order chi connectivity index (χ1) is 13.4. The number of rotatable bonds is 4. The highest BCUT2D eigenvalue weighted by atomic mass is 32.2. The third-order valence-corrected chi connectivity index (χ3v) is 7.39. The normalized spacial score (nSPS) is 21.0. The molecule has 2 fully saturated rings. The number of para-hydroxylation sites is 1. The second kappa shape index (κ2) is 7.63. The molecule has 0 saturated carbocycles. The molecule has 146 valence electrons. The fourth-order valence-corrected chi connectivity index (χ4v) is 5.48. The van der Waals surface area contributed by atoms with E-state index in [9.17, 15) is 19.2 Å². The van der Waals surface area contributed by atoms with Crippen LogP contribution in [0.4, 0.5) is 4.79 Å². The van der Waals surface area contributed by atoms with Gasteiger partial charge in [-0.15, -0.1) is 11.3 Å². The van der Waals surface area contributed by atoms with Crippen LogP contribution in [0.3, 0.4) is 0 Å². The summed E-state index contributed by atoms with van der Waals surface area (Å²) in [7, 11) is 1.43. The van der Waals surface area contributed by atoms with E-state index in [1.54, 1.807) is 4.90 Å². The van der Waals surface area contributed by atoms with Crippen LogP contribution in [0, 0.1) is 5.92 Å². The summed E-state index contributed by atoms with van der Waals surface area (Å²) in [5, 5.41) is -0.421. The van der Waals surface area contributed by atoms with Crippen molar-refractivity contribution in [3.8, 4) is 0 Å². The van der Waals surface area contributed by atoms with Crippen LogP contribution in [-0.2, 0) is 9.59 Å². The van der Waals surface area contributed by atoms with Crippen LogP contribution in [0.25, 0.3) is 10.2 Å².